The lowest BCUT2D eigenvalue weighted by Gasteiger charge is -2.29. The van der Waals surface area contributed by atoms with Crippen LogP contribution in [0.3, 0.4) is 0 Å². The van der Waals surface area contributed by atoms with E-state index < -0.39 is 5.54 Å². The van der Waals surface area contributed by atoms with Crippen molar-refractivity contribution < 1.29 is 0 Å². The second-order valence-corrected chi connectivity index (χ2v) is 4.85. The molecule has 0 bridgehead atoms. The molecule has 0 amide bonds. The highest BCUT2D eigenvalue weighted by Gasteiger charge is 2.24. The highest BCUT2D eigenvalue weighted by atomic mass is 15.2. The Morgan fingerprint density at radius 1 is 1.47 bits per heavy atom. The van der Waals surface area contributed by atoms with Crippen molar-refractivity contribution in [1.82, 2.24) is 4.90 Å². The summed E-state index contributed by atoms with van der Waals surface area (Å²) in [6.07, 6.45) is 6.13. The lowest BCUT2D eigenvalue weighted by atomic mass is 10.0. The zero-order valence-corrected chi connectivity index (χ0v) is 10.00. The van der Waals surface area contributed by atoms with E-state index in [1.54, 1.807) is 0 Å². The first-order chi connectivity index (χ1) is 7.09. The van der Waals surface area contributed by atoms with Crippen LogP contribution in [-0.2, 0) is 0 Å². The highest BCUT2D eigenvalue weighted by Crippen LogP contribution is 2.23. The van der Waals surface area contributed by atoms with Gasteiger partial charge in [0.05, 0.1) is 6.07 Å². The maximum atomic E-state index is 8.85. The van der Waals surface area contributed by atoms with Gasteiger partial charge in [0.1, 0.15) is 5.54 Å². The van der Waals surface area contributed by atoms with Gasteiger partial charge in [-0.3, -0.25) is 0 Å². The smallest absolute Gasteiger partial charge is 0.102 e. The summed E-state index contributed by atoms with van der Waals surface area (Å²) in [6, 6.07) is 2.90. The fourth-order valence-electron chi connectivity index (χ4n) is 2.30. The van der Waals surface area contributed by atoms with Gasteiger partial charge in [0.25, 0.3) is 0 Å². The SMILES string of the molecule is CCN(CCC(C)(N)C#N)C1CCCC1. The third-order valence-electron chi connectivity index (χ3n) is 3.42. The minimum absolute atomic E-state index is 0.661. The number of hydrogen-bond donors (Lipinski definition) is 1. The summed E-state index contributed by atoms with van der Waals surface area (Å²) in [4.78, 5) is 2.48. The van der Waals surface area contributed by atoms with Crippen molar-refractivity contribution in [2.75, 3.05) is 13.1 Å². The molecule has 1 unspecified atom stereocenters. The van der Waals surface area contributed by atoms with Crippen molar-refractivity contribution in [2.24, 2.45) is 5.73 Å². The largest absolute Gasteiger partial charge is 0.314 e. The lowest BCUT2D eigenvalue weighted by molar-refractivity contribution is 0.197. The molecule has 0 spiro atoms. The van der Waals surface area contributed by atoms with Gasteiger partial charge in [-0.1, -0.05) is 19.8 Å². The van der Waals surface area contributed by atoms with Gasteiger partial charge in [0, 0.05) is 12.6 Å². The second-order valence-electron chi connectivity index (χ2n) is 4.85. The molecule has 1 atom stereocenters. The van der Waals surface area contributed by atoms with Crippen molar-refractivity contribution in [2.45, 2.75) is 57.5 Å². The first-order valence-corrected chi connectivity index (χ1v) is 6.03. The fraction of sp³-hybridized carbons (Fsp3) is 0.917. The maximum Gasteiger partial charge on any atom is 0.102 e. The van der Waals surface area contributed by atoms with Crippen molar-refractivity contribution in [3.63, 3.8) is 0 Å². The number of rotatable bonds is 5. The van der Waals surface area contributed by atoms with E-state index in [4.69, 9.17) is 11.0 Å². The van der Waals surface area contributed by atoms with Crippen LogP contribution in [-0.4, -0.2) is 29.6 Å². The molecule has 3 nitrogen and oxygen atoms in total. The fourth-order valence-corrected chi connectivity index (χ4v) is 2.30. The highest BCUT2D eigenvalue weighted by molar-refractivity contribution is 5.01. The van der Waals surface area contributed by atoms with Gasteiger partial charge in [-0.2, -0.15) is 5.26 Å². The Morgan fingerprint density at radius 2 is 2.07 bits per heavy atom. The molecule has 0 aromatic heterocycles. The van der Waals surface area contributed by atoms with Crippen LogP contribution in [0.5, 0.6) is 0 Å². The molecule has 0 heterocycles. The number of hydrogen-bond acceptors (Lipinski definition) is 3. The Bertz CT molecular complexity index is 224. The number of nitrogens with two attached hydrogens (primary N) is 1. The molecular weight excluding hydrogens is 186 g/mol. The van der Waals surface area contributed by atoms with Gasteiger partial charge < -0.3 is 10.6 Å². The summed E-state index contributed by atoms with van der Waals surface area (Å²) >= 11 is 0. The maximum absolute atomic E-state index is 8.85. The van der Waals surface area contributed by atoms with Crippen LogP contribution >= 0.6 is 0 Å². The third-order valence-corrected chi connectivity index (χ3v) is 3.42. The predicted molar refractivity (Wildman–Crippen MR) is 62.3 cm³/mol. The van der Waals surface area contributed by atoms with Crippen molar-refractivity contribution in [3.05, 3.63) is 0 Å². The van der Waals surface area contributed by atoms with Crippen LogP contribution in [0, 0.1) is 11.3 Å². The molecule has 0 aromatic carbocycles. The third kappa shape index (κ3) is 3.81. The van der Waals surface area contributed by atoms with Crippen molar-refractivity contribution in [1.29, 1.82) is 5.26 Å². The molecule has 0 aromatic rings. The van der Waals surface area contributed by atoms with Gasteiger partial charge in [0.2, 0.25) is 0 Å². The Kier molecular flexibility index (Phi) is 4.56. The molecule has 1 aliphatic rings. The summed E-state index contributed by atoms with van der Waals surface area (Å²) in [6.45, 7) is 6.04. The number of nitrogens with zero attached hydrogens (tertiary/aromatic N) is 2. The van der Waals surface area contributed by atoms with E-state index in [2.05, 4.69) is 17.9 Å². The van der Waals surface area contributed by atoms with Crippen molar-refractivity contribution in [3.8, 4) is 6.07 Å². The molecule has 15 heavy (non-hydrogen) atoms. The van der Waals surface area contributed by atoms with E-state index in [0.717, 1.165) is 25.6 Å². The van der Waals surface area contributed by atoms with Crippen LogP contribution in [0.1, 0.15) is 46.0 Å². The minimum atomic E-state index is -0.661. The second kappa shape index (κ2) is 5.48. The van der Waals surface area contributed by atoms with Gasteiger partial charge in [-0.25, -0.2) is 0 Å². The Balaban J connectivity index is 2.37. The van der Waals surface area contributed by atoms with E-state index in [1.165, 1.54) is 25.7 Å². The Hall–Kier alpha value is -0.590. The predicted octanol–water partition coefficient (Wildman–Crippen LogP) is 1.88. The standard InChI is InChI=1S/C12H23N3/c1-3-15(11-6-4-5-7-11)9-8-12(2,14)10-13/h11H,3-9,14H2,1-2H3. The zero-order valence-electron chi connectivity index (χ0n) is 10.00. The summed E-state index contributed by atoms with van der Waals surface area (Å²) in [5.74, 6) is 0. The Morgan fingerprint density at radius 3 is 2.53 bits per heavy atom. The molecule has 0 aliphatic heterocycles. The molecule has 1 fully saturated rings. The topological polar surface area (TPSA) is 53.0 Å². The summed E-state index contributed by atoms with van der Waals surface area (Å²) in [7, 11) is 0. The monoisotopic (exact) mass is 209 g/mol. The van der Waals surface area contributed by atoms with Crippen LogP contribution < -0.4 is 5.73 Å². The quantitative estimate of drug-likeness (QED) is 0.752. The van der Waals surface area contributed by atoms with E-state index in [0.29, 0.717) is 0 Å². The zero-order chi connectivity index (χ0) is 11.3. The van der Waals surface area contributed by atoms with Gasteiger partial charge >= 0.3 is 0 Å². The van der Waals surface area contributed by atoms with Crippen LogP contribution in [0.4, 0.5) is 0 Å². The minimum Gasteiger partial charge on any atom is -0.314 e. The van der Waals surface area contributed by atoms with E-state index in [1.807, 2.05) is 6.92 Å². The lowest BCUT2D eigenvalue weighted by Crippen LogP contribution is -2.41. The molecule has 86 valence electrons. The van der Waals surface area contributed by atoms with Crippen LogP contribution in [0.15, 0.2) is 0 Å². The molecular formula is C12H23N3. The Labute approximate surface area is 93.2 Å². The molecule has 0 radical (unpaired) electrons. The molecule has 0 saturated heterocycles. The normalized spacial score (nSPS) is 21.5. The van der Waals surface area contributed by atoms with Gasteiger partial charge in [-0.05, 0) is 32.7 Å². The average Bonchev–Trinajstić information content (AvgIpc) is 2.72. The van der Waals surface area contributed by atoms with Crippen LogP contribution in [0.25, 0.3) is 0 Å². The molecule has 3 heteroatoms. The molecule has 2 N–H and O–H groups in total. The van der Waals surface area contributed by atoms with Gasteiger partial charge in [-0.15, -0.1) is 0 Å². The summed E-state index contributed by atoms with van der Waals surface area (Å²) < 4.78 is 0. The summed E-state index contributed by atoms with van der Waals surface area (Å²) in [5, 5.41) is 8.85. The van der Waals surface area contributed by atoms with Gasteiger partial charge in [0.15, 0.2) is 0 Å². The number of nitriles is 1. The molecule has 1 aliphatic carbocycles. The summed E-state index contributed by atoms with van der Waals surface area (Å²) in [5.41, 5.74) is 5.17. The molecule has 1 saturated carbocycles. The first kappa shape index (κ1) is 12.5. The molecule has 1 rings (SSSR count). The van der Waals surface area contributed by atoms with E-state index in [9.17, 15) is 0 Å². The van der Waals surface area contributed by atoms with Crippen molar-refractivity contribution >= 4 is 0 Å². The van der Waals surface area contributed by atoms with Crippen LogP contribution in [0.2, 0.25) is 0 Å². The first-order valence-electron chi connectivity index (χ1n) is 6.03. The van der Waals surface area contributed by atoms with E-state index in [-0.39, 0.29) is 0 Å². The average molecular weight is 209 g/mol. The van der Waals surface area contributed by atoms with E-state index >= 15 is 0 Å².